The predicted molar refractivity (Wildman–Crippen MR) is 169 cm³/mol. The molecule has 8 nitrogen and oxygen atoms in total. The topological polar surface area (TPSA) is 136 Å². The number of carbonyl (C=O) groups is 2. The molecule has 4 N–H and O–H groups in total. The Morgan fingerprint density at radius 3 is 2.20 bits per heavy atom. The van der Waals surface area contributed by atoms with Gasteiger partial charge in [0.2, 0.25) is 0 Å². The van der Waals surface area contributed by atoms with Crippen LogP contribution in [-0.2, 0) is 11.2 Å². The number of aliphatic hydroxyl groups is 2. The van der Waals surface area contributed by atoms with Crippen molar-refractivity contribution in [1.29, 1.82) is 5.26 Å². The molecule has 1 amide bonds. The third-order valence-corrected chi connectivity index (χ3v) is 7.15. The van der Waals surface area contributed by atoms with Crippen molar-refractivity contribution >= 4 is 47.1 Å². The zero-order chi connectivity index (χ0) is 31.1. The summed E-state index contributed by atoms with van der Waals surface area (Å²) in [6, 6.07) is 23.9. The Bertz CT molecular complexity index is 1630. The molecule has 0 fully saturated rings. The Kier molecular flexibility index (Phi) is 12.5. The number of amides is 1. The molecule has 0 spiro atoms. The Labute approximate surface area is 278 Å². The molecule has 4 aromatic rings. The number of rotatable bonds is 12. The molecule has 10 heteroatoms. The number of anilines is 1. The monoisotopic (exact) mass is 607 g/mol. The number of aromatic nitrogens is 1. The van der Waals surface area contributed by atoms with E-state index in [9.17, 15) is 29.5 Å². The second-order valence-electron chi connectivity index (χ2n) is 10.7. The zero-order valence-corrected chi connectivity index (χ0v) is 24.0. The summed E-state index contributed by atoms with van der Waals surface area (Å²) >= 11 is 0. The number of nitrogens with zero attached hydrogens (tertiary/aromatic N) is 2. The SMILES string of the molecule is CC(C)n1c(CC[C@@H](O)C[C@@H](O)CC(=O)O)c(-c2ccc(F)cc2)c(-c2ccccc2)c1C(=O)Nc1cccc(C#N)c1.[NaH]. The number of hydrogen-bond donors (Lipinski definition) is 4. The van der Waals surface area contributed by atoms with Crippen molar-refractivity contribution in [1.82, 2.24) is 4.57 Å². The molecule has 4 rings (SSSR count). The Balaban J connectivity index is 0.00000529. The minimum absolute atomic E-state index is 0. The summed E-state index contributed by atoms with van der Waals surface area (Å²) in [4.78, 5) is 25.2. The van der Waals surface area contributed by atoms with Crippen LogP contribution in [0.4, 0.5) is 10.1 Å². The molecule has 0 saturated carbocycles. The van der Waals surface area contributed by atoms with Crippen molar-refractivity contribution < 1.29 is 29.3 Å². The van der Waals surface area contributed by atoms with Gasteiger partial charge in [0.15, 0.2) is 0 Å². The summed E-state index contributed by atoms with van der Waals surface area (Å²) in [7, 11) is 0. The fraction of sp³-hybridized carbons (Fsp3) is 0.265. The van der Waals surface area contributed by atoms with Gasteiger partial charge in [0, 0.05) is 28.6 Å². The third kappa shape index (κ3) is 8.44. The van der Waals surface area contributed by atoms with Gasteiger partial charge in [0.25, 0.3) is 5.91 Å². The van der Waals surface area contributed by atoms with Crippen molar-refractivity contribution in [2.45, 2.75) is 57.8 Å². The second-order valence-corrected chi connectivity index (χ2v) is 10.7. The van der Waals surface area contributed by atoms with Gasteiger partial charge in [0.1, 0.15) is 11.5 Å². The third-order valence-electron chi connectivity index (χ3n) is 7.15. The molecule has 0 bridgehead atoms. The van der Waals surface area contributed by atoms with E-state index in [0.717, 1.165) is 11.3 Å². The fourth-order valence-corrected chi connectivity index (χ4v) is 5.37. The Morgan fingerprint density at radius 2 is 1.59 bits per heavy atom. The van der Waals surface area contributed by atoms with Crippen LogP contribution in [0.15, 0.2) is 78.9 Å². The number of nitrogens with one attached hydrogen (secondary N) is 1. The van der Waals surface area contributed by atoms with E-state index in [-0.39, 0.29) is 54.9 Å². The molecule has 1 heterocycles. The number of halogens is 1. The minimum atomic E-state index is -1.20. The molecule has 224 valence electrons. The van der Waals surface area contributed by atoms with Crippen LogP contribution in [0.5, 0.6) is 0 Å². The molecular weight excluding hydrogens is 572 g/mol. The first-order valence-electron chi connectivity index (χ1n) is 14.1. The number of aliphatic hydroxyl groups excluding tert-OH is 2. The van der Waals surface area contributed by atoms with Gasteiger partial charge in [0.05, 0.1) is 30.3 Å². The van der Waals surface area contributed by atoms with Crippen LogP contribution in [0.25, 0.3) is 22.3 Å². The van der Waals surface area contributed by atoms with E-state index in [1.807, 2.05) is 48.7 Å². The zero-order valence-electron chi connectivity index (χ0n) is 24.0. The Hall–Kier alpha value is -3.78. The van der Waals surface area contributed by atoms with Gasteiger partial charge in [-0.15, -0.1) is 0 Å². The molecule has 44 heavy (non-hydrogen) atoms. The van der Waals surface area contributed by atoms with Crippen molar-refractivity contribution in [2.24, 2.45) is 0 Å². The molecule has 2 atom stereocenters. The van der Waals surface area contributed by atoms with Gasteiger partial charge in [-0.25, -0.2) is 4.39 Å². The molecule has 0 aliphatic rings. The van der Waals surface area contributed by atoms with Gasteiger partial charge in [-0.3, -0.25) is 9.59 Å². The van der Waals surface area contributed by atoms with E-state index in [4.69, 9.17) is 5.11 Å². The average Bonchev–Trinajstić information content (AvgIpc) is 3.32. The molecule has 1 aromatic heterocycles. The summed E-state index contributed by atoms with van der Waals surface area (Å²) in [6.45, 7) is 3.87. The van der Waals surface area contributed by atoms with E-state index in [2.05, 4.69) is 11.4 Å². The molecule has 0 aliphatic heterocycles. The first kappa shape index (κ1) is 34.7. The molecule has 0 unspecified atom stereocenters. The van der Waals surface area contributed by atoms with Gasteiger partial charge in [-0.2, -0.15) is 5.26 Å². The number of aliphatic carboxylic acids is 1. The van der Waals surface area contributed by atoms with E-state index in [0.29, 0.717) is 33.6 Å². The van der Waals surface area contributed by atoms with Crippen LogP contribution in [-0.4, -0.2) is 73.5 Å². The van der Waals surface area contributed by atoms with E-state index < -0.39 is 36.3 Å². The van der Waals surface area contributed by atoms with E-state index in [1.165, 1.54) is 12.1 Å². The standard InChI is InChI=1S/C34H34FN3O5.Na.H/c1-21(2)38-29(16-15-27(39)18-28(40)19-30(41)42)31(24-11-13-25(35)14-12-24)32(23-8-4-3-5-9-23)33(38)34(43)37-26-10-6-7-22(17-26)20-36;;/h3-14,17,21,27-28,39-40H,15-16,18-19H2,1-2H3,(H,37,43)(H,41,42);;/t27-,28-;;/m1../s1. The van der Waals surface area contributed by atoms with Crippen LogP contribution in [0, 0.1) is 17.1 Å². The van der Waals surface area contributed by atoms with Gasteiger partial charge in [-0.1, -0.05) is 48.5 Å². The first-order valence-corrected chi connectivity index (χ1v) is 14.1. The second kappa shape index (κ2) is 15.8. The number of carboxylic acids is 1. The van der Waals surface area contributed by atoms with Crippen molar-refractivity contribution in [2.75, 3.05) is 5.32 Å². The van der Waals surface area contributed by atoms with Crippen molar-refractivity contribution in [3.8, 4) is 28.3 Å². The molecule has 0 aliphatic carbocycles. The Morgan fingerprint density at radius 1 is 0.932 bits per heavy atom. The summed E-state index contributed by atoms with van der Waals surface area (Å²) in [5.74, 6) is -1.97. The fourth-order valence-electron chi connectivity index (χ4n) is 5.37. The van der Waals surface area contributed by atoms with E-state index >= 15 is 0 Å². The molecular formula is C34H35FN3NaO5. The van der Waals surface area contributed by atoms with E-state index in [1.54, 1.807) is 36.4 Å². The molecule has 0 radical (unpaired) electrons. The summed E-state index contributed by atoms with van der Waals surface area (Å²) in [5, 5.41) is 42.1. The van der Waals surface area contributed by atoms with Crippen LogP contribution in [0.3, 0.4) is 0 Å². The van der Waals surface area contributed by atoms with Crippen LogP contribution in [0.2, 0.25) is 0 Å². The molecule has 0 saturated heterocycles. The summed E-state index contributed by atoms with van der Waals surface area (Å²) in [6.07, 6.45) is -2.34. The normalized spacial score (nSPS) is 12.2. The maximum absolute atomic E-state index is 14.2. The van der Waals surface area contributed by atoms with Crippen molar-refractivity contribution in [3.63, 3.8) is 0 Å². The number of benzene rings is 3. The quantitative estimate of drug-likeness (QED) is 0.156. The van der Waals surface area contributed by atoms with Crippen LogP contribution < -0.4 is 5.32 Å². The number of nitriles is 1. The van der Waals surface area contributed by atoms with Gasteiger partial charge < -0.3 is 25.2 Å². The van der Waals surface area contributed by atoms with Crippen LogP contribution >= 0.6 is 0 Å². The van der Waals surface area contributed by atoms with Crippen molar-refractivity contribution in [3.05, 3.63) is 102 Å². The first-order chi connectivity index (χ1) is 20.6. The summed E-state index contributed by atoms with van der Waals surface area (Å²) < 4.78 is 16.0. The molecule has 3 aromatic carbocycles. The maximum atomic E-state index is 14.2. The van der Waals surface area contributed by atoms with Gasteiger partial charge >= 0.3 is 35.5 Å². The summed E-state index contributed by atoms with van der Waals surface area (Å²) in [5.41, 5.74) is 4.70. The average molecular weight is 608 g/mol. The number of carboxylic acid groups (broad SMARTS) is 1. The number of hydrogen-bond acceptors (Lipinski definition) is 5. The predicted octanol–water partition coefficient (Wildman–Crippen LogP) is 5.54. The number of carbonyl (C=O) groups excluding carboxylic acids is 1. The van der Waals surface area contributed by atoms with Crippen LogP contribution in [0.1, 0.15) is 60.9 Å². The van der Waals surface area contributed by atoms with Gasteiger partial charge in [-0.05, 0) is 74.6 Å².